The highest BCUT2D eigenvalue weighted by atomic mass is 32.2. The van der Waals surface area contributed by atoms with Crippen LogP contribution >= 0.6 is 0 Å². The van der Waals surface area contributed by atoms with Gasteiger partial charge in [-0.1, -0.05) is 32.1 Å². The highest BCUT2D eigenvalue weighted by molar-refractivity contribution is 7.87. The molecule has 5 N–H and O–H groups in total. The monoisotopic (exact) mass is 463 g/mol. The van der Waals surface area contributed by atoms with Crippen molar-refractivity contribution in [2.45, 2.75) is 114 Å². The lowest BCUT2D eigenvalue weighted by atomic mass is 9.94. The second-order valence-electron chi connectivity index (χ2n) is 10.2. The smallest absolute Gasteiger partial charge is 0.138 e. The first-order chi connectivity index (χ1) is 14.6. The van der Waals surface area contributed by atoms with Crippen molar-refractivity contribution in [1.29, 1.82) is 0 Å². The fourth-order valence-electron chi connectivity index (χ4n) is 4.66. The number of rotatable bonds is 11. The second-order valence-corrected chi connectivity index (χ2v) is 11.4. The molecule has 184 valence electrons. The summed E-state index contributed by atoms with van der Waals surface area (Å²) in [5.74, 6) is 0. The lowest BCUT2D eigenvalue weighted by molar-refractivity contribution is -0.145. The fraction of sp³-hybridized carbons (Fsp3) is 1.00. The highest BCUT2D eigenvalue weighted by Gasteiger charge is 2.40. The molecule has 8 nitrogen and oxygen atoms in total. The summed E-state index contributed by atoms with van der Waals surface area (Å²) in [7, 11) is 0. The van der Waals surface area contributed by atoms with Crippen LogP contribution in [-0.2, 0) is 11.5 Å². The topological polar surface area (TPSA) is 122 Å². The summed E-state index contributed by atoms with van der Waals surface area (Å²) in [5.41, 5.74) is -0.196. The van der Waals surface area contributed by atoms with E-state index in [-0.39, 0.29) is 18.7 Å². The number of aliphatic hydroxyl groups excluding tert-OH is 4. The van der Waals surface area contributed by atoms with Crippen LogP contribution in [-0.4, -0.2) is 96.4 Å². The van der Waals surface area contributed by atoms with Gasteiger partial charge in [-0.15, -0.1) is 9.03 Å². The maximum absolute atomic E-state index is 13.0. The Bertz CT molecular complexity index is 504. The molecular weight excluding hydrogens is 418 g/mol. The van der Waals surface area contributed by atoms with E-state index >= 15 is 0 Å². The summed E-state index contributed by atoms with van der Waals surface area (Å²) < 4.78 is 18.4. The molecule has 0 amide bonds. The molecule has 0 bridgehead atoms. The molecule has 5 atom stereocenters. The normalized spacial score (nSPS) is 30.1. The zero-order valence-corrected chi connectivity index (χ0v) is 20.4. The van der Waals surface area contributed by atoms with Gasteiger partial charge in [0.1, 0.15) is 23.8 Å². The molecule has 2 fully saturated rings. The lowest BCUT2D eigenvalue weighted by Crippen LogP contribution is -2.62. The van der Waals surface area contributed by atoms with Crippen molar-refractivity contribution in [2.24, 2.45) is 0 Å². The van der Waals surface area contributed by atoms with E-state index < -0.39 is 35.9 Å². The van der Waals surface area contributed by atoms with Crippen molar-refractivity contribution in [3.63, 3.8) is 0 Å². The minimum absolute atomic E-state index is 0.196. The van der Waals surface area contributed by atoms with Crippen LogP contribution in [0.3, 0.4) is 0 Å². The number of nitrogens with zero attached hydrogens (tertiary/aromatic N) is 2. The third-order valence-corrected chi connectivity index (χ3v) is 8.07. The van der Waals surface area contributed by atoms with Gasteiger partial charge in [0.05, 0.1) is 30.3 Å². The number of likely N-dealkylation sites (tertiary alicyclic amines) is 1. The van der Waals surface area contributed by atoms with E-state index in [4.69, 9.17) is 0 Å². The van der Waals surface area contributed by atoms with E-state index in [0.29, 0.717) is 12.6 Å². The van der Waals surface area contributed by atoms with Gasteiger partial charge in [-0.3, -0.25) is 4.90 Å². The minimum atomic E-state index is -1.21. The van der Waals surface area contributed by atoms with Crippen molar-refractivity contribution < 1.29 is 25.0 Å². The molecule has 1 saturated carbocycles. The number of nitrogens with one attached hydrogen (secondary N) is 1. The third kappa shape index (κ3) is 8.72. The van der Waals surface area contributed by atoms with Crippen LogP contribution in [0, 0.1) is 0 Å². The number of hydrogen-bond donors (Lipinski definition) is 5. The zero-order chi connectivity index (χ0) is 23.0. The second kappa shape index (κ2) is 13.1. The van der Waals surface area contributed by atoms with Crippen LogP contribution in [0.25, 0.3) is 0 Å². The van der Waals surface area contributed by atoms with Gasteiger partial charge in [0.15, 0.2) is 0 Å². The summed E-state index contributed by atoms with van der Waals surface area (Å²) in [4.78, 5) is 1.87. The first kappa shape index (κ1) is 27.3. The van der Waals surface area contributed by atoms with Crippen molar-refractivity contribution in [1.82, 2.24) is 13.9 Å². The molecule has 0 aromatic heterocycles. The Kier molecular flexibility index (Phi) is 11.5. The van der Waals surface area contributed by atoms with Crippen molar-refractivity contribution >= 4 is 11.5 Å². The Balaban J connectivity index is 1.75. The largest absolute Gasteiger partial charge is 0.579 e. The van der Waals surface area contributed by atoms with E-state index in [1.165, 1.54) is 19.3 Å². The van der Waals surface area contributed by atoms with Crippen LogP contribution < -0.4 is 4.72 Å². The SMILES string of the molecule is CC(C)(C)N[S+]([O-])N(CCCCCCN1C[C@H](O)[C@@H](O)[C@H](O)[C@H]1CO)C1CCCCC1. The number of aliphatic hydroxyl groups is 4. The van der Waals surface area contributed by atoms with Gasteiger partial charge >= 0.3 is 0 Å². The van der Waals surface area contributed by atoms with Crippen LogP contribution in [0.2, 0.25) is 0 Å². The molecule has 1 saturated heterocycles. The summed E-state index contributed by atoms with van der Waals surface area (Å²) in [5, 5.41) is 39.4. The van der Waals surface area contributed by atoms with Crippen LogP contribution in [0.1, 0.15) is 78.6 Å². The fourth-order valence-corrected chi connectivity index (χ4v) is 6.08. The molecule has 9 heteroatoms. The Morgan fingerprint density at radius 3 is 2.26 bits per heavy atom. The lowest BCUT2D eigenvalue weighted by Gasteiger charge is -2.43. The quantitative estimate of drug-likeness (QED) is 0.226. The molecule has 31 heavy (non-hydrogen) atoms. The van der Waals surface area contributed by atoms with E-state index in [9.17, 15) is 25.0 Å². The summed E-state index contributed by atoms with van der Waals surface area (Å²) in [6.07, 6.45) is 6.46. The van der Waals surface area contributed by atoms with Gasteiger partial charge in [-0.05, 0) is 53.0 Å². The Morgan fingerprint density at radius 1 is 1.00 bits per heavy atom. The standard InChI is InChI=1S/C22H45N3O5S/c1-22(2,3)23-31(30)25(17-11-7-6-8-12-17)14-10-5-4-9-13-24-15-19(27)21(29)20(28)18(24)16-26/h17-21,23,26-29H,4-16H2,1-3H3/t18-,19+,20-,21-,31?/m1/s1. The molecule has 0 aromatic carbocycles. The average molecular weight is 464 g/mol. The molecular formula is C22H45N3O5S. The van der Waals surface area contributed by atoms with Crippen molar-refractivity contribution in [3.05, 3.63) is 0 Å². The Hall–Kier alpha value is 0.0300. The van der Waals surface area contributed by atoms with Crippen molar-refractivity contribution in [3.8, 4) is 0 Å². The molecule has 1 aliphatic heterocycles. The predicted octanol–water partition coefficient (Wildman–Crippen LogP) is 0.908. The van der Waals surface area contributed by atoms with E-state index in [0.717, 1.165) is 45.1 Å². The summed E-state index contributed by atoms with van der Waals surface area (Å²) >= 11 is -1.19. The molecule has 1 aliphatic carbocycles. The van der Waals surface area contributed by atoms with Gasteiger partial charge in [-0.2, -0.15) is 0 Å². The molecule has 2 aliphatic rings. The number of unbranched alkanes of at least 4 members (excludes halogenated alkanes) is 3. The van der Waals surface area contributed by atoms with E-state index in [2.05, 4.69) is 9.03 Å². The van der Waals surface area contributed by atoms with Gasteiger partial charge < -0.3 is 25.0 Å². The van der Waals surface area contributed by atoms with Gasteiger partial charge in [-0.25, -0.2) is 0 Å². The first-order valence-electron chi connectivity index (χ1n) is 12.0. The number of piperidine rings is 1. The molecule has 1 unspecified atom stereocenters. The van der Waals surface area contributed by atoms with Crippen LogP contribution in [0.5, 0.6) is 0 Å². The van der Waals surface area contributed by atoms with Gasteiger partial charge in [0, 0.05) is 13.1 Å². The summed E-state index contributed by atoms with van der Waals surface area (Å²) in [6.45, 7) is 7.61. The molecule has 0 spiro atoms. The maximum atomic E-state index is 13.0. The Labute approximate surface area is 191 Å². The molecule has 1 heterocycles. The molecule has 2 rings (SSSR count). The number of β-amino-alcohol motifs (C(OH)–C–C–N with tert-alkyl or cyclic N) is 1. The zero-order valence-electron chi connectivity index (χ0n) is 19.6. The Morgan fingerprint density at radius 2 is 1.65 bits per heavy atom. The van der Waals surface area contributed by atoms with Crippen LogP contribution in [0.15, 0.2) is 0 Å². The third-order valence-electron chi connectivity index (χ3n) is 6.38. The molecule has 0 radical (unpaired) electrons. The van der Waals surface area contributed by atoms with Gasteiger partial charge in [0.2, 0.25) is 0 Å². The summed E-state index contributed by atoms with van der Waals surface area (Å²) in [6, 6.07) is -0.149. The van der Waals surface area contributed by atoms with Gasteiger partial charge in [0.25, 0.3) is 0 Å². The van der Waals surface area contributed by atoms with E-state index in [1.807, 2.05) is 25.7 Å². The van der Waals surface area contributed by atoms with E-state index in [1.54, 1.807) is 0 Å². The first-order valence-corrected chi connectivity index (χ1v) is 13.1. The highest BCUT2D eigenvalue weighted by Crippen LogP contribution is 2.26. The maximum Gasteiger partial charge on any atom is 0.138 e. The van der Waals surface area contributed by atoms with Crippen molar-refractivity contribution in [2.75, 3.05) is 26.2 Å². The number of hydrogen-bond acceptors (Lipinski definition) is 8. The predicted molar refractivity (Wildman–Crippen MR) is 124 cm³/mol. The minimum Gasteiger partial charge on any atom is -0.579 e. The van der Waals surface area contributed by atoms with Crippen LogP contribution in [0.4, 0.5) is 0 Å². The average Bonchev–Trinajstić information content (AvgIpc) is 2.71. The molecule has 0 aromatic rings.